The fraction of sp³-hybridized carbons (Fsp3) is 0.545. The van der Waals surface area contributed by atoms with Crippen molar-refractivity contribution in [2.24, 2.45) is 7.05 Å². The van der Waals surface area contributed by atoms with E-state index in [0.29, 0.717) is 0 Å². The molecule has 2 rings (SSSR count). The summed E-state index contributed by atoms with van der Waals surface area (Å²) < 4.78 is 3.71. The normalized spacial score (nSPS) is 10.7. The second kappa shape index (κ2) is 5.47. The van der Waals surface area contributed by atoms with Crippen LogP contribution in [0.3, 0.4) is 0 Å². The molecule has 0 saturated heterocycles. The molecule has 0 saturated carbocycles. The first-order valence-electron chi connectivity index (χ1n) is 5.90. The summed E-state index contributed by atoms with van der Waals surface area (Å²) in [6.07, 6.45) is 5.67. The van der Waals surface area contributed by atoms with Crippen LogP contribution >= 0.6 is 0 Å². The first kappa shape index (κ1) is 11.6. The van der Waals surface area contributed by atoms with Gasteiger partial charge in [0.1, 0.15) is 5.82 Å². The minimum Gasteiger partial charge on any atom is -0.369 e. The molecule has 0 bridgehead atoms. The van der Waals surface area contributed by atoms with Crippen molar-refractivity contribution >= 4 is 5.82 Å². The first-order chi connectivity index (χ1) is 8.29. The van der Waals surface area contributed by atoms with Crippen LogP contribution in [0.25, 0.3) is 0 Å². The van der Waals surface area contributed by atoms with Crippen LogP contribution in [0, 0.1) is 0 Å². The monoisotopic (exact) mass is 234 g/mol. The lowest BCUT2D eigenvalue weighted by molar-refractivity contribution is 0.583. The average Bonchev–Trinajstić information content (AvgIpc) is 2.90. The van der Waals surface area contributed by atoms with E-state index < -0.39 is 0 Å². The highest BCUT2D eigenvalue weighted by Gasteiger charge is 2.02. The van der Waals surface area contributed by atoms with Crippen molar-refractivity contribution in [2.45, 2.75) is 26.3 Å². The smallest absolute Gasteiger partial charge is 0.144 e. The van der Waals surface area contributed by atoms with Gasteiger partial charge in [0.05, 0.1) is 11.9 Å². The first-order valence-corrected chi connectivity index (χ1v) is 5.90. The van der Waals surface area contributed by atoms with Gasteiger partial charge in [-0.3, -0.25) is 4.68 Å². The largest absolute Gasteiger partial charge is 0.369 e. The van der Waals surface area contributed by atoms with E-state index in [1.165, 1.54) is 0 Å². The van der Waals surface area contributed by atoms with Gasteiger partial charge < -0.3 is 5.32 Å². The standard InChI is InChI=1S/C11H18N6/c1-3-7-17-11(9-13-15-17)12-6-4-10-5-8-16(2)14-10/h5,8-9,12H,3-4,6-7H2,1-2H3. The van der Waals surface area contributed by atoms with E-state index >= 15 is 0 Å². The van der Waals surface area contributed by atoms with Gasteiger partial charge in [0.15, 0.2) is 0 Å². The predicted molar refractivity (Wildman–Crippen MR) is 65.7 cm³/mol. The number of anilines is 1. The van der Waals surface area contributed by atoms with Gasteiger partial charge in [0, 0.05) is 32.8 Å². The summed E-state index contributed by atoms with van der Waals surface area (Å²) in [5, 5.41) is 15.6. The minimum atomic E-state index is 0.841. The molecule has 0 aliphatic heterocycles. The Morgan fingerprint density at radius 2 is 2.29 bits per heavy atom. The molecule has 6 heteroatoms. The van der Waals surface area contributed by atoms with Crippen LogP contribution in [-0.2, 0) is 20.0 Å². The second-order valence-corrected chi connectivity index (χ2v) is 4.00. The lowest BCUT2D eigenvalue weighted by atomic mass is 10.3. The zero-order valence-corrected chi connectivity index (χ0v) is 10.3. The molecule has 0 spiro atoms. The average molecular weight is 234 g/mol. The van der Waals surface area contributed by atoms with Crippen molar-refractivity contribution in [1.29, 1.82) is 0 Å². The van der Waals surface area contributed by atoms with Gasteiger partial charge in [-0.25, -0.2) is 4.68 Å². The number of rotatable bonds is 6. The number of aryl methyl sites for hydroxylation is 2. The van der Waals surface area contributed by atoms with Crippen LogP contribution in [0.5, 0.6) is 0 Å². The van der Waals surface area contributed by atoms with Gasteiger partial charge >= 0.3 is 0 Å². The van der Waals surface area contributed by atoms with E-state index in [4.69, 9.17) is 0 Å². The summed E-state index contributed by atoms with van der Waals surface area (Å²) in [7, 11) is 1.93. The molecule has 0 unspecified atom stereocenters. The number of nitrogens with one attached hydrogen (secondary N) is 1. The maximum absolute atomic E-state index is 4.33. The molecule has 0 aliphatic carbocycles. The van der Waals surface area contributed by atoms with Crippen LogP contribution in [-0.4, -0.2) is 31.3 Å². The Labute approximate surface area is 101 Å². The van der Waals surface area contributed by atoms with E-state index in [9.17, 15) is 0 Å². The van der Waals surface area contributed by atoms with Gasteiger partial charge in [0.2, 0.25) is 0 Å². The quantitative estimate of drug-likeness (QED) is 0.812. The molecule has 0 aliphatic rings. The third kappa shape index (κ3) is 3.05. The topological polar surface area (TPSA) is 60.6 Å². The fourth-order valence-corrected chi connectivity index (χ4v) is 1.69. The zero-order chi connectivity index (χ0) is 12.1. The van der Waals surface area contributed by atoms with Crippen LogP contribution in [0.4, 0.5) is 5.82 Å². The highest BCUT2D eigenvalue weighted by atomic mass is 15.4. The molecule has 0 atom stereocenters. The molecule has 0 fully saturated rings. The molecule has 6 nitrogen and oxygen atoms in total. The zero-order valence-electron chi connectivity index (χ0n) is 10.3. The fourth-order valence-electron chi connectivity index (χ4n) is 1.69. The second-order valence-electron chi connectivity index (χ2n) is 4.00. The molecule has 1 N–H and O–H groups in total. The summed E-state index contributed by atoms with van der Waals surface area (Å²) in [6, 6.07) is 2.03. The molecule has 2 heterocycles. The van der Waals surface area contributed by atoms with Gasteiger partial charge in [0.25, 0.3) is 0 Å². The van der Waals surface area contributed by atoms with E-state index in [1.807, 2.05) is 28.7 Å². The molecular formula is C11H18N6. The molecule has 2 aromatic rings. The van der Waals surface area contributed by atoms with Crippen LogP contribution < -0.4 is 5.32 Å². The van der Waals surface area contributed by atoms with Crippen molar-refractivity contribution < 1.29 is 0 Å². The molecule has 0 radical (unpaired) electrons. The summed E-state index contributed by atoms with van der Waals surface area (Å²) in [4.78, 5) is 0. The van der Waals surface area contributed by atoms with Gasteiger partial charge in [-0.2, -0.15) is 5.10 Å². The number of hydrogen-bond acceptors (Lipinski definition) is 4. The molecular weight excluding hydrogens is 216 g/mol. The Bertz CT molecular complexity index is 458. The minimum absolute atomic E-state index is 0.841. The van der Waals surface area contributed by atoms with Crippen LogP contribution in [0.2, 0.25) is 0 Å². The summed E-state index contributed by atoms with van der Waals surface area (Å²) in [5.74, 6) is 0.975. The Hall–Kier alpha value is -1.85. The Kier molecular flexibility index (Phi) is 3.74. The van der Waals surface area contributed by atoms with Crippen LogP contribution in [0.15, 0.2) is 18.5 Å². The maximum atomic E-state index is 4.33. The summed E-state index contributed by atoms with van der Waals surface area (Å²) in [5.41, 5.74) is 1.09. The van der Waals surface area contributed by atoms with E-state index in [0.717, 1.165) is 37.4 Å². The molecule has 17 heavy (non-hydrogen) atoms. The number of nitrogens with zero attached hydrogens (tertiary/aromatic N) is 5. The Morgan fingerprint density at radius 1 is 1.41 bits per heavy atom. The molecule has 92 valence electrons. The van der Waals surface area contributed by atoms with Gasteiger partial charge in [-0.1, -0.05) is 12.1 Å². The Balaban J connectivity index is 1.83. The van der Waals surface area contributed by atoms with Crippen molar-refractivity contribution in [2.75, 3.05) is 11.9 Å². The lowest BCUT2D eigenvalue weighted by Gasteiger charge is -2.06. The summed E-state index contributed by atoms with van der Waals surface area (Å²) >= 11 is 0. The maximum Gasteiger partial charge on any atom is 0.144 e. The van der Waals surface area contributed by atoms with Crippen molar-refractivity contribution in [1.82, 2.24) is 24.8 Å². The number of aromatic nitrogens is 5. The molecule has 0 aromatic carbocycles. The highest BCUT2D eigenvalue weighted by Crippen LogP contribution is 2.05. The van der Waals surface area contributed by atoms with E-state index in [2.05, 4.69) is 27.7 Å². The highest BCUT2D eigenvalue weighted by molar-refractivity contribution is 5.30. The third-order valence-corrected chi connectivity index (χ3v) is 2.51. The molecule has 0 amide bonds. The lowest BCUT2D eigenvalue weighted by Crippen LogP contribution is -2.11. The predicted octanol–water partition coefficient (Wildman–Crippen LogP) is 1.08. The van der Waals surface area contributed by atoms with Crippen molar-refractivity contribution in [3.63, 3.8) is 0 Å². The van der Waals surface area contributed by atoms with Gasteiger partial charge in [-0.05, 0) is 12.5 Å². The Morgan fingerprint density at radius 3 is 3.00 bits per heavy atom. The van der Waals surface area contributed by atoms with E-state index in [-0.39, 0.29) is 0 Å². The van der Waals surface area contributed by atoms with Gasteiger partial charge in [-0.15, -0.1) is 5.10 Å². The third-order valence-electron chi connectivity index (χ3n) is 2.51. The van der Waals surface area contributed by atoms with Crippen molar-refractivity contribution in [3.8, 4) is 0 Å². The SMILES string of the molecule is CCCn1nncc1NCCc1ccn(C)n1. The number of hydrogen-bond donors (Lipinski definition) is 1. The van der Waals surface area contributed by atoms with E-state index in [1.54, 1.807) is 6.20 Å². The molecule has 2 aromatic heterocycles. The van der Waals surface area contributed by atoms with Crippen molar-refractivity contribution in [3.05, 3.63) is 24.2 Å². The van der Waals surface area contributed by atoms with Crippen LogP contribution in [0.1, 0.15) is 19.0 Å². The summed E-state index contributed by atoms with van der Waals surface area (Å²) in [6.45, 7) is 3.86.